The molecule has 2 aliphatic rings. The minimum absolute atomic E-state index is 0.180. The standard InChI is InChI=1S/C20H29FN2O2/c1-14-6-5-7-16(21)17(14)22-15-12-20(13-15)8-10-23(11-9-20)18(24)25-19(2,3)4/h5-7,15,22H,8-13H2,1-4H3. The zero-order valence-corrected chi connectivity index (χ0v) is 15.7. The van der Waals surface area contributed by atoms with Gasteiger partial charge < -0.3 is 15.0 Å². The molecule has 2 fully saturated rings. The third kappa shape index (κ3) is 4.07. The number of benzene rings is 1. The second-order valence-corrected chi connectivity index (χ2v) is 8.65. The Morgan fingerprint density at radius 3 is 2.48 bits per heavy atom. The van der Waals surface area contributed by atoms with E-state index in [9.17, 15) is 9.18 Å². The smallest absolute Gasteiger partial charge is 0.410 e. The fourth-order valence-electron chi connectivity index (χ4n) is 4.00. The number of hydrogen-bond acceptors (Lipinski definition) is 3. The van der Waals surface area contributed by atoms with E-state index in [1.807, 2.05) is 38.7 Å². The van der Waals surface area contributed by atoms with E-state index in [0.29, 0.717) is 17.1 Å². The van der Waals surface area contributed by atoms with Crippen LogP contribution in [0.1, 0.15) is 52.0 Å². The number of piperidine rings is 1. The molecular weight excluding hydrogens is 319 g/mol. The van der Waals surface area contributed by atoms with Crippen LogP contribution in [0.5, 0.6) is 0 Å². The summed E-state index contributed by atoms with van der Waals surface area (Å²) in [7, 11) is 0. The van der Waals surface area contributed by atoms with Crippen LogP contribution in [-0.4, -0.2) is 35.7 Å². The van der Waals surface area contributed by atoms with Crippen molar-refractivity contribution in [1.29, 1.82) is 0 Å². The number of carbonyl (C=O) groups excluding carboxylic acids is 1. The van der Waals surface area contributed by atoms with Crippen molar-refractivity contribution in [2.75, 3.05) is 18.4 Å². The molecule has 1 saturated carbocycles. The van der Waals surface area contributed by atoms with Gasteiger partial charge in [0.05, 0.1) is 5.69 Å². The van der Waals surface area contributed by atoms with Crippen LogP contribution < -0.4 is 5.32 Å². The van der Waals surface area contributed by atoms with Crippen LogP contribution in [-0.2, 0) is 4.74 Å². The molecule has 0 atom stereocenters. The Morgan fingerprint density at radius 2 is 1.92 bits per heavy atom. The number of hydrogen-bond donors (Lipinski definition) is 1. The first kappa shape index (κ1) is 18.0. The number of carbonyl (C=O) groups is 1. The number of rotatable bonds is 2. The number of likely N-dealkylation sites (tertiary alicyclic amines) is 1. The number of nitrogens with zero attached hydrogens (tertiary/aromatic N) is 1. The highest BCUT2D eigenvalue weighted by Crippen LogP contribution is 2.50. The first-order valence-electron chi connectivity index (χ1n) is 9.17. The Hall–Kier alpha value is -1.78. The molecule has 0 unspecified atom stereocenters. The molecule has 1 saturated heterocycles. The van der Waals surface area contributed by atoms with Gasteiger partial charge in [0.2, 0.25) is 0 Å². The number of ether oxygens (including phenoxy) is 1. The summed E-state index contributed by atoms with van der Waals surface area (Å²) in [5.74, 6) is -0.180. The zero-order chi connectivity index (χ0) is 18.2. The van der Waals surface area contributed by atoms with Crippen molar-refractivity contribution < 1.29 is 13.9 Å². The Kier molecular flexibility index (Phi) is 4.69. The van der Waals surface area contributed by atoms with Crippen LogP contribution in [0.2, 0.25) is 0 Å². The number of nitrogens with one attached hydrogen (secondary N) is 1. The normalized spacial score (nSPS) is 20.3. The minimum Gasteiger partial charge on any atom is -0.444 e. The fraction of sp³-hybridized carbons (Fsp3) is 0.650. The number of amides is 1. The molecule has 0 radical (unpaired) electrons. The van der Waals surface area contributed by atoms with E-state index in [2.05, 4.69) is 5.32 Å². The molecule has 1 N–H and O–H groups in total. The van der Waals surface area contributed by atoms with Gasteiger partial charge in [-0.2, -0.15) is 0 Å². The van der Waals surface area contributed by atoms with E-state index in [-0.39, 0.29) is 11.9 Å². The average Bonchev–Trinajstić information content (AvgIpc) is 2.48. The quantitative estimate of drug-likeness (QED) is 0.840. The fourth-order valence-corrected chi connectivity index (χ4v) is 4.00. The van der Waals surface area contributed by atoms with E-state index in [1.54, 1.807) is 6.07 Å². The van der Waals surface area contributed by atoms with Crippen molar-refractivity contribution in [2.45, 2.75) is 65.0 Å². The monoisotopic (exact) mass is 348 g/mol. The molecule has 1 aliphatic heterocycles. The summed E-state index contributed by atoms with van der Waals surface area (Å²) < 4.78 is 19.4. The lowest BCUT2D eigenvalue weighted by atomic mass is 9.60. The molecule has 1 aliphatic carbocycles. The maximum atomic E-state index is 14.0. The van der Waals surface area contributed by atoms with Crippen LogP contribution >= 0.6 is 0 Å². The summed E-state index contributed by atoms with van der Waals surface area (Å²) in [4.78, 5) is 14.0. The molecule has 4 nitrogen and oxygen atoms in total. The van der Waals surface area contributed by atoms with Crippen molar-refractivity contribution >= 4 is 11.8 Å². The Balaban J connectivity index is 1.49. The molecule has 0 bridgehead atoms. The maximum Gasteiger partial charge on any atom is 0.410 e. The highest BCUT2D eigenvalue weighted by Gasteiger charge is 2.46. The van der Waals surface area contributed by atoms with Crippen molar-refractivity contribution in [3.63, 3.8) is 0 Å². The zero-order valence-electron chi connectivity index (χ0n) is 15.7. The third-order valence-electron chi connectivity index (χ3n) is 5.41. The lowest BCUT2D eigenvalue weighted by Gasteiger charge is -2.52. The third-order valence-corrected chi connectivity index (χ3v) is 5.41. The first-order chi connectivity index (χ1) is 11.7. The topological polar surface area (TPSA) is 41.6 Å². The van der Waals surface area contributed by atoms with Crippen LogP contribution in [0.3, 0.4) is 0 Å². The number of aryl methyl sites for hydroxylation is 1. The highest BCUT2D eigenvalue weighted by atomic mass is 19.1. The van der Waals surface area contributed by atoms with E-state index in [0.717, 1.165) is 44.3 Å². The van der Waals surface area contributed by atoms with Crippen LogP contribution in [0.15, 0.2) is 18.2 Å². The number of para-hydroxylation sites is 1. The van der Waals surface area contributed by atoms with Crippen molar-refractivity contribution in [3.05, 3.63) is 29.6 Å². The molecule has 1 heterocycles. The predicted molar refractivity (Wildman–Crippen MR) is 97.3 cm³/mol. The van der Waals surface area contributed by atoms with Gasteiger partial charge in [-0.05, 0) is 70.4 Å². The van der Waals surface area contributed by atoms with Crippen molar-refractivity contribution in [1.82, 2.24) is 4.90 Å². The molecule has 5 heteroatoms. The lowest BCUT2D eigenvalue weighted by molar-refractivity contribution is -0.00864. The van der Waals surface area contributed by atoms with Gasteiger partial charge in [0.15, 0.2) is 0 Å². The van der Waals surface area contributed by atoms with Crippen LogP contribution in [0.25, 0.3) is 0 Å². The molecule has 25 heavy (non-hydrogen) atoms. The summed E-state index contributed by atoms with van der Waals surface area (Å²) in [5.41, 5.74) is 1.43. The molecule has 1 aromatic rings. The predicted octanol–water partition coefficient (Wildman–Crippen LogP) is 4.73. The Labute approximate surface area is 149 Å². The first-order valence-corrected chi connectivity index (χ1v) is 9.17. The number of anilines is 1. The van der Waals surface area contributed by atoms with Gasteiger partial charge in [-0.3, -0.25) is 0 Å². The van der Waals surface area contributed by atoms with Gasteiger partial charge in [-0.25, -0.2) is 9.18 Å². The molecule has 1 aromatic carbocycles. The Bertz CT molecular complexity index is 617. The van der Waals surface area contributed by atoms with E-state index < -0.39 is 5.60 Å². The summed E-state index contributed by atoms with van der Waals surface area (Å²) in [6.45, 7) is 9.11. The van der Waals surface area contributed by atoms with Crippen molar-refractivity contribution in [3.8, 4) is 0 Å². The molecule has 1 amide bonds. The second kappa shape index (κ2) is 6.50. The van der Waals surface area contributed by atoms with E-state index in [4.69, 9.17) is 4.74 Å². The molecular formula is C20H29FN2O2. The average molecular weight is 348 g/mol. The summed E-state index contributed by atoms with van der Waals surface area (Å²) in [5, 5.41) is 3.37. The van der Waals surface area contributed by atoms with E-state index in [1.165, 1.54) is 6.07 Å². The highest BCUT2D eigenvalue weighted by molar-refractivity contribution is 5.68. The van der Waals surface area contributed by atoms with E-state index >= 15 is 0 Å². The van der Waals surface area contributed by atoms with Gasteiger partial charge in [-0.15, -0.1) is 0 Å². The van der Waals surface area contributed by atoms with Crippen molar-refractivity contribution in [2.24, 2.45) is 5.41 Å². The molecule has 138 valence electrons. The second-order valence-electron chi connectivity index (χ2n) is 8.65. The SMILES string of the molecule is Cc1cccc(F)c1NC1CC2(CCN(C(=O)OC(C)(C)C)CC2)C1. The van der Waals surface area contributed by atoms with Gasteiger partial charge in [-0.1, -0.05) is 12.1 Å². The van der Waals surface area contributed by atoms with Crippen LogP contribution in [0, 0.1) is 18.2 Å². The summed E-state index contributed by atoms with van der Waals surface area (Å²) in [6, 6.07) is 5.50. The number of halogens is 1. The van der Waals surface area contributed by atoms with Gasteiger partial charge in [0.1, 0.15) is 11.4 Å². The van der Waals surface area contributed by atoms with Gasteiger partial charge in [0, 0.05) is 19.1 Å². The molecule has 3 rings (SSSR count). The largest absolute Gasteiger partial charge is 0.444 e. The Morgan fingerprint density at radius 1 is 1.28 bits per heavy atom. The summed E-state index contributed by atoms with van der Waals surface area (Å²) in [6.07, 6.45) is 3.88. The maximum absolute atomic E-state index is 14.0. The minimum atomic E-state index is -0.449. The molecule has 0 aromatic heterocycles. The van der Waals surface area contributed by atoms with Gasteiger partial charge in [0.25, 0.3) is 0 Å². The summed E-state index contributed by atoms with van der Waals surface area (Å²) >= 11 is 0. The molecule has 1 spiro atoms. The van der Waals surface area contributed by atoms with Crippen LogP contribution in [0.4, 0.5) is 14.9 Å². The lowest BCUT2D eigenvalue weighted by Crippen LogP contribution is -2.53. The van der Waals surface area contributed by atoms with Gasteiger partial charge >= 0.3 is 6.09 Å².